The Kier molecular flexibility index (Phi) is 5.30. The van der Waals surface area contributed by atoms with E-state index in [0.29, 0.717) is 29.2 Å². The van der Waals surface area contributed by atoms with Crippen molar-refractivity contribution in [3.63, 3.8) is 0 Å². The summed E-state index contributed by atoms with van der Waals surface area (Å²) in [6.07, 6.45) is 1.67. The smallest absolute Gasteiger partial charge is 0.273 e. The van der Waals surface area contributed by atoms with Crippen molar-refractivity contribution in [2.75, 3.05) is 20.8 Å². The molecule has 3 rings (SSSR count). The van der Waals surface area contributed by atoms with E-state index < -0.39 is 4.92 Å². The molecule has 1 saturated heterocycles. The van der Waals surface area contributed by atoms with Crippen molar-refractivity contribution in [3.05, 3.63) is 63.2 Å². The van der Waals surface area contributed by atoms with E-state index in [-0.39, 0.29) is 17.6 Å². The van der Waals surface area contributed by atoms with Gasteiger partial charge >= 0.3 is 0 Å². The topological polar surface area (TPSA) is 81.9 Å². The number of ether oxygens (including phenoxy) is 2. The molecule has 7 heteroatoms. The first kappa shape index (κ1) is 18.7. The predicted molar refractivity (Wildman–Crippen MR) is 100 cm³/mol. The first-order chi connectivity index (χ1) is 13.0. The van der Waals surface area contributed by atoms with E-state index in [2.05, 4.69) is 0 Å². The van der Waals surface area contributed by atoms with Crippen molar-refractivity contribution < 1.29 is 19.2 Å². The fraction of sp³-hybridized carbons (Fsp3) is 0.350. The Labute approximate surface area is 157 Å². The second-order valence-electron chi connectivity index (χ2n) is 6.47. The van der Waals surface area contributed by atoms with Crippen molar-refractivity contribution in [1.82, 2.24) is 4.90 Å². The molecule has 1 atom stereocenters. The summed E-state index contributed by atoms with van der Waals surface area (Å²) in [5.41, 5.74) is 1.62. The number of rotatable bonds is 5. The maximum atomic E-state index is 13.2. The van der Waals surface area contributed by atoms with Crippen molar-refractivity contribution in [2.45, 2.75) is 25.8 Å². The maximum Gasteiger partial charge on any atom is 0.273 e. The lowest BCUT2D eigenvalue weighted by Crippen LogP contribution is -2.31. The fourth-order valence-electron chi connectivity index (χ4n) is 3.63. The Bertz CT molecular complexity index is 881. The van der Waals surface area contributed by atoms with Crippen LogP contribution in [0.25, 0.3) is 0 Å². The molecular weight excluding hydrogens is 348 g/mol. The Morgan fingerprint density at radius 2 is 2.00 bits per heavy atom. The van der Waals surface area contributed by atoms with Crippen LogP contribution >= 0.6 is 0 Å². The quantitative estimate of drug-likeness (QED) is 0.589. The van der Waals surface area contributed by atoms with E-state index in [1.807, 2.05) is 12.1 Å². The van der Waals surface area contributed by atoms with E-state index in [9.17, 15) is 14.9 Å². The van der Waals surface area contributed by atoms with Crippen LogP contribution in [0.1, 0.15) is 40.4 Å². The highest BCUT2D eigenvalue weighted by molar-refractivity contribution is 5.97. The minimum atomic E-state index is -0.458. The third kappa shape index (κ3) is 3.45. The van der Waals surface area contributed by atoms with Gasteiger partial charge in [-0.05, 0) is 38.0 Å². The number of benzene rings is 2. The van der Waals surface area contributed by atoms with Gasteiger partial charge in [-0.25, -0.2) is 0 Å². The molecule has 1 aliphatic rings. The number of nitrogens with zero attached hydrogens (tertiary/aromatic N) is 2. The number of hydrogen-bond donors (Lipinski definition) is 0. The van der Waals surface area contributed by atoms with Crippen LogP contribution in [0.15, 0.2) is 36.4 Å². The van der Waals surface area contributed by atoms with Gasteiger partial charge in [-0.2, -0.15) is 0 Å². The number of hydrogen-bond acceptors (Lipinski definition) is 5. The molecular formula is C20H22N2O5. The van der Waals surface area contributed by atoms with Gasteiger partial charge in [0, 0.05) is 35.4 Å². The predicted octanol–water partition coefficient (Wildman–Crippen LogP) is 3.90. The monoisotopic (exact) mass is 370 g/mol. The van der Waals surface area contributed by atoms with Crippen LogP contribution in [-0.2, 0) is 0 Å². The molecule has 1 unspecified atom stereocenters. The molecule has 1 fully saturated rings. The molecule has 0 saturated carbocycles. The fourth-order valence-corrected chi connectivity index (χ4v) is 3.63. The van der Waals surface area contributed by atoms with Crippen LogP contribution in [-0.4, -0.2) is 36.5 Å². The molecule has 0 spiro atoms. The number of carbonyl (C=O) groups is 1. The number of likely N-dealkylation sites (tertiary alicyclic amines) is 1. The number of carbonyl (C=O) groups excluding carboxylic acids is 1. The molecule has 2 aromatic rings. The van der Waals surface area contributed by atoms with Gasteiger partial charge in [-0.3, -0.25) is 14.9 Å². The zero-order valence-electron chi connectivity index (χ0n) is 15.6. The van der Waals surface area contributed by atoms with Crippen molar-refractivity contribution in [2.24, 2.45) is 0 Å². The summed E-state index contributed by atoms with van der Waals surface area (Å²) in [7, 11) is 3.18. The van der Waals surface area contributed by atoms with E-state index >= 15 is 0 Å². The highest BCUT2D eigenvalue weighted by Crippen LogP contribution is 2.39. The molecule has 1 aliphatic heterocycles. The third-order valence-electron chi connectivity index (χ3n) is 5.05. The highest BCUT2D eigenvalue weighted by atomic mass is 16.6. The second-order valence-corrected chi connectivity index (χ2v) is 6.47. The van der Waals surface area contributed by atoms with Gasteiger partial charge in [0.15, 0.2) is 0 Å². The van der Waals surface area contributed by atoms with Gasteiger partial charge < -0.3 is 14.4 Å². The summed E-state index contributed by atoms with van der Waals surface area (Å²) in [6, 6.07) is 10.0. The van der Waals surface area contributed by atoms with E-state index in [0.717, 1.165) is 18.4 Å². The van der Waals surface area contributed by atoms with Crippen LogP contribution in [0, 0.1) is 17.0 Å². The Morgan fingerprint density at radius 1 is 1.22 bits per heavy atom. The number of nitro groups is 1. The molecule has 0 bridgehead atoms. The minimum absolute atomic E-state index is 0.0429. The Morgan fingerprint density at radius 3 is 2.67 bits per heavy atom. The molecule has 0 N–H and O–H groups in total. The number of amides is 1. The standard InChI is InChI=1S/C20H22N2O5/c1-13-15(6-4-7-17(13)22(24)25)20(23)21-11-5-8-18(21)16-10-9-14(26-2)12-19(16)27-3/h4,6-7,9-10,12,18H,5,8,11H2,1-3H3. The Balaban J connectivity index is 1.97. The van der Waals surface area contributed by atoms with Crippen molar-refractivity contribution >= 4 is 11.6 Å². The van der Waals surface area contributed by atoms with Gasteiger partial charge in [-0.15, -0.1) is 0 Å². The molecule has 27 heavy (non-hydrogen) atoms. The van der Waals surface area contributed by atoms with Crippen molar-refractivity contribution in [1.29, 1.82) is 0 Å². The molecule has 2 aromatic carbocycles. The van der Waals surface area contributed by atoms with Gasteiger partial charge in [0.25, 0.3) is 11.6 Å². The lowest BCUT2D eigenvalue weighted by Gasteiger charge is -2.27. The molecule has 7 nitrogen and oxygen atoms in total. The normalized spacial score (nSPS) is 16.3. The Hall–Kier alpha value is -3.09. The summed E-state index contributed by atoms with van der Waals surface area (Å²) in [6.45, 7) is 2.21. The summed E-state index contributed by atoms with van der Waals surface area (Å²) < 4.78 is 10.7. The first-order valence-electron chi connectivity index (χ1n) is 8.74. The van der Waals surface area contributed by atoms with E-state index in [1.54, 1.807) is 44.2 Å². The maximum absolute atomic E-state index is 13.2. The van der Waals surface area contributed by atoms with Crippen LogP contribution in [0.3, 0.4) is 0 Å². The zero-order valence-corrected chi connectivity index (χ0v) is 15.6. The van der Waals surface area contributed by atoms with Crippen LogP contribution < -0.4 is 9.47 Å². The average molecular weight is 370 g/mol. The lowest BCUT2D eigenvalue weighted by molar-refractivity contribution is -0.385. The van der Waals surface area contributed by atoms with Crippen LogP contribution in [0.2, 0.25) is 0 Å². The van der Waals surface area contributed by atoms with Crippen LogP contribution in [0.4, 0.5) is 5.69 Å². The van der Waals surface area contributed by atoms with Crippen LogP contribution in [0.5, 0.6) is 11.5 Å². The molecule has 0 aromatic heterocycles. The molecule has 0 aliphatic carbocycles. The van der Waals surface area contributed by atoms with Crippen molar-refractivity contribution in [3.8, 4) is 11.5 Å². The number of methoxy groups -OCH3 is 2. The molecule has 1 amide bonds. The van der Waals surface area contributed by atoms with Gasteiger partial charge in [0.1, 0.15) is 11.5 Å². The average Bonchev–Trinajstić information content (AvgIpc) is 3.16. The third-order valence-corrected chi connectivity index (χ3v) is 5.05. The van der Waals surface area contributed by atoms with Gasteiger partial charge in [-0.1, -0.05) is 6.07 Å². The minimum Gasteiger partial charge on any atom is -0.497 e. The van der Waals surface area contributed by atoms with Gasteiger partial charge in [0.05, 0.1) is 25.2 Å². The molecule has 1 heterocycles. The zero-order chi connectivity index (χ0) is 19.6. The second kappa shape index (κ2) is 7.65. The molecule has 142 valence electrons. The summed E-state index contributed by atoms with van der Waals surface area (Å²) >= 11 is 0. The summed E-state index contributed by atoms with van der Waals surface area (Å²) in [5, 5.41) is 11.2. The largest absolute Gasteiger partial charge is 0.497 e. The highest BCUT2D eigenvalue weighted by Gasteiger charge is 2.34. The van der Waals surface area contributed by atoms with E-state index in [1.165, 1.54) is 6.07 Å². The first-order valence-corrected chi connectivity index (χ1v) is 8.74. The lowest BCUT2D eigenvalue weighted by atomic mass is 10.0. The number of nitro benzene ring substituents is 1. The SMILES string of the molecule is COc1ccc(C2CCCN2C(=O)c2cccc([N+](=O)[O-])c2C)c(OC)c1. The molecule has 0 radical (unpaired) electrons. The van der Waals surface area contributed by atoms with Gasteiger partial charge in [0.2, 0.25) is 0 Å². The summed E-state index contributed by atoms with van der Waals surface area (Å²) in [4.78, 5) is 25.7. The summed E-state index contributed by atoms with van der Waals surface area (Å²) in [5.74, 6) is 1.15. The van der Waals surface area contributed by atoms with E-state index in [4.69, 9.17) is 9.47 Å².